The molecule has 1 saturated carbocycles. The molecule has 1 aromatic rings. The van der Waals surface area contributed by atoms with Crippen LogP contribution in [-0.4, -0.2) is 27.4 Å². The van der Waals surface area contributed by atoms with Crippen molar-refractivity contribution in [2.24, 2.45) is 5.92 Å². The Kier molecular flexibility index (Phi) is 2.09. The van der Waals surface area contributed by atoms with Crippen LogP contribution in [0.25, 0.3) is 0 Å². The molecule has 2 unspecified atom stereocenters. The van der Waals surface area contributed by atoms with Gasteiger partial charge in [-0.25, -0.2) is 5.10 Å². The Morgan fingerprint density at radius 2 is 2.40 bits per heavy atom. The number of H-pyrrole nitrogens is 1. The van der Waals surface area contributed by atoms with E-state index in [2.05, 4.69) is 26.6 Å². The van der Waals surface area contributed by atoms with E-state index in [1.807, 2.05) is 0 Å². The summed E-state index contributed by atoms with van der Waals surface area (Å²) in [4.78, 5) is 2.43. The molecule has 0 aromatic carbocycles. The number of aromatic amines is 1. The van der Waals surface area contributed by atoms with Gasteiger partial charge in [0.25, 0.3) is 0 Å². The van der Waals surface area contributed by atoms with Crippen LogP contribution in [0.1, 0.15) is 26.2 Å². The third-order valence-corrected chi connectivity index (χ3v) is 4.03. The molecule has 2 aliphatic rings. The Balaban J connectivity index is 1.96. The first-order chi connectivity index (χ1) is 7.29. The molecule has 1 aliphatic carbocycles. The predicted molar refractivity (Wildman–Crippen MR) is 61.6 cm³/mol. The van der Waals surface area contributed by atoms with E-state index < -0.39 is 0 Å². The molecule has 1 aliphatic heterocycles. The average Bonchev–Trinajstić information content (AvgIpc) is 2.90. The number of nitrogens with one attached hydrogen (secondary N) is 1. The Labute approximate surface area is 94.3 Å². The first kappa shape index (κ1) is 9.39. The first-order valence-electron chi connectivity index (χ1n) is 5.71. The van der Waals surface area contributed by atoms with Crippen LogP contribution in [0.15, 0.2) is 0 Å². The molecule has 1 N–H and O–H groups in total. The summed E-state index contributed by atoms with van der Waals surface area (Å²) in [6.45, 7) is 4.19. The average molecular weight is 224 g/mol. The van der Waals surface area contributed by atoms with Gasteiger partial charge in [-0.3, -0.25) is 4.57 Å². The molecule has 4 nitrogen and oxygen atoms in total. The predicted octanol–water partition coefficient (Wildman–Crippen LogP) is 1.95. The van der Waals surface area contributed by atoms with Crippen LogP contribution in [0.2, 0.25) is 0 Å². The third kappa shape index (κ3) is 1.33. The molecule has 2 bridgehead atoms. The molecular formula is C10H16N4S. The van der Waals surface area contributed by atoms with E-state index in [0.29, 0.717) is 6.04 Å². The highest BCUT2D eigenvalue weighted by molar-refractivity contribution is 7.71. The van der Waals surface area contributed by atoms with Crippen LogP contribution >= 0.6 is 12.2 Å². The van der Waals surface area contributed by atoms with Crippen molar-refractivity contribution in [3.63, 3.8) is 0 Å². The standard InChI is InChI=1S/C10H16N4S/c1-2-13-9(11-12-10(13)15)14-6-7-3-4-8(14)5-7/h7-8H,2-6H2,1H3,(H,12,15). The van der Waals surface area contributed by atoms with Crippen molar-refractivity contribution in [1.82, 2.24) is 14.8 Å². The molecule has 1 saturated heterocycles. The van der Waals surface area contributed by atoms with Gasteiger partial charge < -0.3 is 4.90 Å². The van der Waals surface area contributed by atoms with Crippen LogP contribution < -0.4 is 4.90 Å². The molecule has 2 heterocycles. The molecule has 2 atom stereocenters. The van der Waals surface area contributed by atoms with Crippen molar-refractivity contribution >= 4 is 18.2 Å². The second kappa shape index (κ2) is 3.33. The minimum absolute atomic E-state index is 0.713. The maximum absolute atomic E-state index is 5.21. The topological polar surface area (TPSA) is 36.9 Å². The molecule has 2 fully saturated rings. The van der Waals surface area contributed by atoms with E-state index in [0.717, 1.165) is 23.2 Å². The highest BCUT2D eigenvalue weighted by Gasteiger charge is 2.39. The molecule has 1 aromatic heterocycles. The lowest BCUT2D eigenvalue weighted by Crippen LogP contribution is -2.34. The Morgan fingerprint density at radius 3 is 3.00 bits per heavy atom. The van der Waals surface area contributed by atoms with Gasteiger partial charge in [0.2, 0.25) is 5.95 Å². The summed E-state index contributed by atoms with van der Waals surface area (Å²) in [5, 5.41) is 7.26. The molecule has 0 radical (unpaired) electrons. The zero-order valence-electron chi connectivity index (χ0n) is 8.94. The van der Waals surface area contributed by atoms with Crippen LogP contribution in [0.4, 0.5) is 5.95 Å². The largest absolute Gasteiger partial charge is 0.338 e. The second-order valence-electron chi connectivity index (χ2n) is 4.56. The van der Waals surface area contributed by atoms with Gasteiger partial charge in [0.05, 0.1) is 0 Å². The van der Waals surface area contributed by atoms with Crippen LogP contribution in [-0.2, 0) is 6.54 Å². The Bertz CT molecular complexity index is 421. The number of nitrogens with zero attached hydrogens (tertiary/aromatic N) is 3. The van der Waals surface area contributed by atoms with Gasteiger partial charge in [-0.15, -0.1) is 5.10 Å². The number of rotatable bonds is 2. The number of anilines is 1. The zero-order chi connectivity index (χ0) is 10.4. The van der Waals surface area contributed by atoms with Gasteiger partial charge in [0.15, 0.2) is 4.77 Å². The molecule has 3 rings (SSSR count). The smallest absolute Gasteiger partial charge is 0.225 e. The van der Waals surface area contributed by atoms with Gasteiger partial charge in [-0.2, -0.15) is 0 Å². The van der Waals surface area contributed by atoms with E-state index in [-0.39, 0.29) is 0 Å². The van der Waals surface area contributed by atoms with Crippen LogP contribution in [0.3, 0.4) is 0 Å². The fourth-order valence-electron chi connectivity index (χ4n) is 2.98. The molecule has 5 heteroatoms. The first-order valence-corrected chi connectivity index (χ1v) is 6.12. The summed E-state index contributed by atoms with van der Waals surface area (Å²) in [6.07, 6.45) is 4.08. The monoisotopic (exact) mass is 224 g/mol. The lowest BCUT2D eigenvalue weighted by Gasteiger charge is -2.27. The summed E-state index contributed by atoms with van der Waals surface area (Å²) in [5.74, 6) is 1.94. The summed E-state index contributed by atoms with van der Waals surface area (Å²) >= 11 is 5.21. The van der Waals surface area contributed by atoms with Crippen LogP contribution in [0, 0.1) is 10.7 Å². The number of aromatic nitrogens is 3. The van der Waals surface area contributed by atoms with E-state index >= 15 is 0 Å². The number of fused-ring (bicyclic) bond motifs is 2. The fourth-order valence-corrected chi connectivity index (χ4v) is 3.24. The summed E-state index contributed by atoms with van der Waals surface area (Å²) < 4.78 is 2.84. The molecule has 15 heavy (non-hydrogen) atoms. The molecule has 0 amide bonds. The SMILES string of the molecule is CCn1c(N2CC3CCC2C3)n[nH]c1=S. The van der Waals surface area contributed by atoms with Crippen molar-refractivity contribution in [1.29, 1.82) is 0 Å². The zero-order valence-corrected chi connectivity index (χ0v) is 9.76. The van der Waals surface area contributed by atoms with E-state index in [9.17, 15) is 0 Å². The highest BCUT2D eigenvalue weighted by Crippen LogP contribution is 2.39. The van der Waals surface area contributed by atoms with Crippen molar-refractivity contribution in [2.75, 3.05) is 11.4 Å². The normalized spacial score (nSPS) is 29.0. The summed E-state index contributed by atoms with van der Waals surface area (Å²) in [5.41, 5.74) is 0. The molecule has 0 spiro atoms. The van der Waals surface area contributed by atoms with Gasteiger partial charge in [0, 0.05) is 19.1 Å². The lowest BCUT2D eigenvalue weighted by molar-refractivity contribution is 0.537. The number of hydrogen-bond donors (Lipinski definition) is 1. The lowest BCUT2D eigenvalue weighted by atomic mass is 10.1. The van der Waals surface area contributed by atoms with Crippen molar-refractivity contribution < 1.29 is 0 Å². The Morgan fingerprint density at radius 1 is 1.53 bits per heavy atom. The summed E-state index contributed by atoms with van der Waals surface area (Å²) in [6, 6.07) is 0.713. The Hall–Kier alpha value is -0.840. The van der Waals surface area contributed by atoms with E-state index in [1.54, 1.807) is 0 Å². The number of piperidine rings is 1. The van der Waals surface area contributed by atoms with Gasteiger partial charge >= 0.3 is 0 Å². The minimum Gasteiger partial charge on any atom is -0.338 e. The number of hydrogen-bond acceptors (Lipinski definition) is 3. The minimum atomic E-state index is 0.713. The van der Waals surface area contributed by atoms with Gasteiger partial charge in [-0.05, 0) is 44.3 Å². The maximum Gasteiger partial charge on any atom is 0.225 e. The highest BCUT2D eigenvalue weighted by atomic mass is 32.1. The second-order valence-corrected chi connectivity index (χ2v) is 4.94. The third-order valence-electron chi connectivity index (χ3n) is 3.72. The molecule has 82 valence electrons. The quantitative estimate of drug-likeness (QED) is 0.780. The van der Waals surface area contributed by atoms with E-state index in [4.69, 9.17) is 12.2 Å². The molecular weight excluding hydrogens is 208 g/mol. The van der Waals surface area contributed by atoms with E-state index in [1.165, 1.54) is 25.8 Å². The van der Waals surface area contributed by atoms with Gasteiger partial charge in [-0.1, -0.05) is 0 Å². The maximum atomic E-state index is 5.21. The fraction of sp³-hybridized carbons (Fsp3) is 0.800. The summed E-state index contributed by atoms with van der Waals surface area (Å²) in [7, 11) is 0. The van der Waals surface area contributed by atoms with Gasteiger partial charge in [0.1, 0.15) is 0 Å². The van der Waals surface area contributed by atoms with Crippen molar-refractivity contribution in [3.05, 3.63) is 4.77 Å². The van der Waals surface area contributed by atoms with Crippen molar-refractivity contribution in [3.8, 4) is 0 Å². The van der Waals surface area contributed by atoms with Crippen molar-refractivity contribution in [2.45, 2.75) is 38.8 Å². The van der Waals surface area contributed by atoms with Crippen LogP contribution in [0.5, 0.6) is 0 Å².